The van der Waals surface area contributed by atoms with Gasteiger partial charge < -0.3 is 9.47 Å². The molecule has 5 heteroatoms. The fourth-order valence-corrected chi connectivity index (χ4v) is 3.50. The van der Waals surface area contributed by atoms with Crippen molar-refractivity contribution in [2.75, 3.05) is 6.54 Å². The first-order valence-electron chi connectivity index (χ1n) is 10.4. The molecule has 0 spiro atoms. The molecule has 0 fully saturated rings. The number of halogens is 1. The number of nitrogens with zero attached hydrogens (tertiary/aromatic N) is 3. The van der Waals surface area contributed by atoms with E-state index in [0.29, 0.717) is 25.4 Å². The highest BCUT2D eigenvalue weighted by Gasteiger charge is 2.19. The van der Waals surface area contributed by atoms with E-state index < -0.39 is 0 Å². The Morgan fingerprint density at radius 2 is 1.93 bits per heavy atom. The maximum absolute atomic E-state index is 13.8. The smallest absolute Gasteiger partial charge is 0.227 e. The van der Waals surface area contributed by atoms with E-state index in [1.165, 1.54) is 12.1 Å². The largest absolute Gasteiger partial charge is 0.335 e. The maximum atomic E-state index is 13.8. The molecule has 2 aromatic carbocycles. The molecule has 1 heterocycles. The molecule has 0 N–H and O–H groups in total. The van der Waals surface area contributed by atoms with E-state index in [1.807, 2.05) is 35.2 Å². The Bertz CT molecular complexity index is 949. The first-order chi connectivity index (χ1) is 14.0. The van der Waals surface area contributed by atoms with Crippen LogP contribution in [0.15, 0.2) is 48.5 Å². The van der Waals surface area contributed by atoms with E-state index in [0.717, 1.165) is 41.8 Å². The molecule has 3 rings (SSSR count). The molecule has 0 aliphatic carbocycles. The van der Waals surface area contributed by atoms with Crippen molar-refractivity contribution in [3.8, 4) is 0 Å². The normalized spacial score (nSPS) is 11.3. The molecule has 3 aromatic rings. The summed E-state index contributed by atoms with van der Waals surface area (Å²) < 4.78 is 15.9. The number of rotatable bonds is 9. The second-order valence-corrected chi connectivity index (χ2v) is 7.97. The molecule has 29 heavy (non-hydrogen) atoms. The van der Waals surface area contributed by atoms with E-state index in [1.54, 1.807) is 6.07 Å². The van der Waals surface area contributed by atoms with Crippen molar-refractivity contribution in [3.63, 3.8) is 0 Å². The number of hydrogen-bond acceptors (Lipinski definition) is 2. The molecule has 0 radical (unpaired) electrons. The fraction of sp³-hybridized carbons (Fsp3) is 0.417. The summed E-state index contributed by atoms with van der Waals surface area (Å²) in [5, 5.41) is 0. The van der Waals surface area contributed by atoms with Gasteiger partial charge in [-0.05, 0) is 42.5 Å². The van der Waals surface area contributed by atoms with Crippen molar-refractivity contribution in [1.82, 2.24) is 14.5 Å². The van der Waals surface area contributed by atoms with Gasteiger partial charge in [-0.3, -0.25) is 4.79 Å². The van der Waals surface area contributed by atoms with Crippen LogP contribution >= 0.6 is 0 Å². The lowest BCUT2D eigenvalue weighted by molar-refractivity contribution is -0.131. The van der Waals surface area contributed by atoms with Crippen LogP contribution in [0.3, 0.4) is 0 Å². The van der Waals surface area contributed by atoms with Crippen LogP contribution in [0.25, 0.3) is 11.0 Å². The van der Waals surface area contributed by atoms with Crippen molar-refractivity contribution < 1.29 is 9.18 Å². The number of carbonyl (C=O) groups excluding carboxylic acids is 1. The quantitative estimate of drug-likeness (QED) is 0.499. The van der Waals surface area contributed by atoms with Gasteiger partial charge in [-0.1, -0.05) is 51.1 Å². The first-order valence-corrected chi connectivity index (χ1v) is 10.4. The molecule has 154 valence electrons. The molecule has 0 bridgehead atoms. The third kappa shape index (κ3) is 5.43. The Morgan fingerprint density at radius 3 is 2.62 bits per heavy atom. The average Bonchev–Trinajstić information content (AvgIpc) is 3.02. The van der Waals surface area contributed by atoms with Crippen LogP contribution in [0.1, 0.15) is 45.0 Å². The van der Waals surface area contributed by atoms with Crippen molar-refractivity contribution in [1.29, 1.82) is 0 Å². The minimum absolute atomic E-state index is 0.0955. The van der Waals surface area contributed by atoms with Crippen molar-refractivity contribution in [3.05, 3.63) is 65.7 Å². The van der Waals surface area contributed by atoms with Gasteiger partial charge in [0.2, 0.25) is 5.91 Å². The topological polar surface area (TPSA) is 38.1 Å². The Labute approximate surface area is 172 Å². The summed E-state index contributed by atoms with van der Waals surface area (Å²) in [4.78, 5) is 19.7. The van der Waals surface area contributed by atoms with Gasteiger partial charge in [-0.15, -0.1) is 0 Å². The number of benzene rings is 2. The predicted molar refractivity (Wildman–Crippen MR) is 115 cm³/mol. The molecular weight excluding hydrogens is 365 g/mol. The van der Waals surface area contributed by atoms with Crippen LogP contribution in [0.4, 0.5) is 4.39 Å². The third-order valence-corrected chi connectivity index (χ3v) is 5.10. The molecule has 1 aromatic heterocycles. The summed E-state index contributed by atoms with van der Waals surface area (Å²) in [5.74, 6) is 1.15. The predicted octanol–water partition coefficient (Wildman–Crippen LogP) is 5.20. The Balaban J connectivity index is 1.88. The van der Waals surface area contributed by atoms with Crippen molar-refractivity contribution in [2.24, 2.45) is 5.92 Å². The van der Waals surface area contributed by atoms with Gasteiger partial charge in [0.15, 0.2) is 0 Å². The second kappa shape index (κ2) is 9.68. The van der Waals surface area contributed by atoms with Crippen LogP contribution in [0.5, 0.6) is 0 Å². The fourth-order valence-electron chi connectivity index (χ4n) is 3.50. The molecule has 0 saturated carbocycles. The van der Waals surface area contributed by atoms with E-state index in [-0.39, 0.29) is 11.7 Å². The van der Waals surface area contributed by atoms with Crippen molar-refractivity contribution >= 4 is 16.9 Å². The van der Waals surface area contributed by atoms with Gasteiger partial charge in [-0.2, -0.15) is 0 Å². The standard InChI is InChI=1S/C24H30FN3O/c1-4-13-28-22-16-20(25)10-11-21(22)26-23(28)17-27(14-12-18(2)3)24(29)15-19-8-6-5-7-9-19/h5-11,16,18H,4,12-15,17H2,1-3H3. The Hall–Kier alpha value is -2.69. The summed E-state index contributed by atoms with van der Waals surface area (Å²) >= 11 is 0. The SMILES string of the molecule is CCCn1c(CN(CCC(C)C)C(=O)Cc2ccccc2)nc2ccc(F)cc21. The number of aryl methyl sites for hydroxylation is 1. The van der Waals surface area contributed by atoms with Gasteiger partial charge in [0.1, 0.15) is 11.6 Å². The minimum Gasteiger partial charge on any atom is -0.335 e. The zero-order chi connectivity index (χ0) is 20.8. The van der Waals surface area contributed by atoms with E-state index in [4.69, 9.17) is 4.98 Å². The van der Waals surface area contributed by atoms with Crippen molar-refractivity contribution in [2.45, 2.75) is 53.1 Å². The van der Waals surface area contributed by atoms with E-state index >= 15 is 0 Å². The molecular formula is C24H30FN3O. The highest BCUT2D eigenvalue weighted by molar-refractivity contribution is 5.79. The van der Waals surface area contributed by atoms with Crippen LogP contribution in [0, 0.1) is 11.7 Å². The van der Waals surface area contributed by atoms with Gasteiger partial charge in [0, 0.05) is 13.1 Å². The lowest BCUT2D eigenvalue weighted by Gasteiger charge is -2.24. The number of aromatic nitrogens is 2. The molecule has 1 amide bonds. The summed E-state index contributed by atoms with van der Waals surface area (Å²) in [5.41, 5.74) is 2.58. The monoisotopic (exact) mass is 395 g/mol. The average molecular weight is 396 g/mol. The number of amides is 1. The summed E-state index contributed by atoms with van der Waals surface area (Å²) in [7, 11) is 0. The summed E-state index contributed by atoms with van der Waals surface area (Å²) in [6.07, 6.45) is 2.23. The van der Waals surface area contributed by atoms with Crippen LogP contribution in [-0.2, 0) is 24.3 Å². The molecule has 0 atom stereocenters. The summed E-state index contributed by atoms with van der Waals surface area (Å²) in [6.45, 7) is 8.29. The van der Waals surface area contributed by atoms with Gasteiger partial charge in [0.05, 0.1) is 24.0 Å². The Kier molecular flexibility index (Phi) is 7.02. The summed E-state index contributed by atoms with van der Waals surface area (Å²) in [6, 6.07) is 14.5. The lowest BCUT2D eigenvalue weighted by atomic mass is 10.1. The van der Waals surface area contributed by atoms with Gasteiger partial charge >= 0.3 is 0 Å². The number of imidazole rings is 1. The molecule has 0 aliphatic heterocycles. The van der Waals surface area contributed by atoms with Crippen LogP contribution < -0.4 is 0 Å². The van der Waals surface area contributed by atoms with Gasteiger partial charge in [-0.25, -0.2) is 9.37 Å². The van der Waals surface area contributed by atoms with E-state index in [2.05, 4.69) is 25.3 Å². The van der Waals surface area contributed by atoms with Gasteiger partial charge in [0.25, 0.3) is 0 Å². The minimum atomic E-state index is -0.266. The molecule has 0 unspecified atom stereocenters. The molecule has 4 nitrogen and oxygen atoms in total. The maximum Gasteiger partial charge on any atom is 0.227 e. The van der Waals surface area contributed by atoms with Crippen LogP contribution in [-0.4, -0.2) is 26.9 Å². The third-order valence-electron chi connectivity index (χ3n) is 5.10. The highest BCUT2D eigenvalue weighted by atomic mass is 19.1. The first kappa shape index (κ1) is 21.0. The lowest BCUT2D eigenvalue weighted by Crippen LogP contribution is -2.34. The highest BCUT2D eigenvalue weighted by Crippen LogP contribution is 2.20. The van der Waals surface area contributed by atoms with E-state index in [9.17, 15) is 9.18 Å². The Morgan fingerprint density at radius 1 is 1.17 bits per heavy atom. The zero-order valence-corrected chi connectivity index (χ0v) is 17.6. The number of carbonyl (C=O) groups is 1. The number of fused-ring (bicyclic) bond motifs is 1. The van der Waals surface area contributed by atoms with Crippen LogP contribution in [0.2, 0.25) is 0 Å². The second-order valence-electron chi connectivity index (χ2n) is 7.97. The molecule has 0 aliphatic rings. The molecule has 0 saturated heterocycles. The zero-order valence-electron chi connectivity index (χ0n) is 17.6. The number of hydrogen-bond donors (Lipinski definition) is 0.